The molecule has 128 valence electrons. The molecular formula is C14H18N6O4. The summed E-state index contributed by atoms with van der Waals surface area (Å²) in [7, 11) is 1.61. The second-order valence-corrected chi connectivity index (χ2v) is 5.25. The number of aromatic carboxylic acids is 1. The molecule has 1 aliphatic rings. The number of morpholine rings is 1. The Balaban J connectivity index is 1.71. The predicted octanol–water partition coefficient (Wildman–Crippen LogP) is -0.00940. The van der Waals surface area contributed by atoms with Gasteiger partial charge in [-0.15, -0.1) is 10.2 Å². The van der Waals surface area contributed by atoms with E-state index in [1.807, 2.05) is 4.90 Å². The molecule has 10 heteroatoms. The minimum absolute atomic E-state index is 0.0131. The summed E-state index contributed by atoms with van der Waals surface area (Å²) in [6.07, 6.45) is 1.17. The second-order valence-electron chi connectivity index (χ2n) is 5.25. The van der Waals surface area contributed by atoms with E-state index in [1.54, 1.807) is 19.2 Å². The van der Waals surface area contributed by atoms with Crippen molar-refractivity contribution in [2.24, 2.45) is 0 Å². The molecule has 3 rings (SSSR count). The lowest BCUT2D eigenvalue weighted by Crippen LogP contribution is -2.39. The molecule has 1 unspecified atom stereocenters. The molecule has 0 aromatic carbocycles. The highest BCUT2D eigenvalue weighted by molar-refractivity contribution is 5.86. The van der Waals surface area contributed by atoms with Crippen molar-refractivity contribution in [2.45, 2.75) is 12.6 Å². The van der Waals surface area contributed by atoms with Crippen LogP contribution in [0.1, 0.15) is 22.4 Å². The van der Waals surface area contributed by atoms with Crippen molar-refractivity contribution in [3.63, 3.8) is 0 Å². The summed E-state index contributed by atoms with van der Waals surface area (Å²) in [6.45, 7) is 2.67. The van der Waals surface area contributed by atoms with E-state index in [0.717, 1.165) is 5.69 Å². The molecule has 0 radical (unpaired) electrons. The average molecular weight is 334 g/mol. The number of anilines is 1. The van der Waals surface area contributed by atoms with Gasteiger partial charge in [-0.2, -0.15) is 4.80 Å². The van der Waals surface area contributed by atoms with Crippen LogP contribution >= 0.6 is 0 Å². The largest absolute Gasteiger partial charge is 0.477 e. The summed E-state index contributed by atoms with van der Waals surface area (Å²) >= 11 is 0. The summed E-state index contributed by atoms with van der Waals surface area (Å²) in [4.78, 5) is 18.4. The molecule has 0 aliphatic carbocycles. The van der Waals surface area contributed by atoms with Crippen LogP contribution in [0, 0.1) is 0 Å². The first-order valence-corrected chi connectivity index (χ1v) is 7.50. The molecule has 3 heterocycles. The maximum Gasteiger partial charge on any atom is 0.354 e. The number of pyridine rings is 1. The molecule has 10 nitrogen and oxygen atoms in total. The highest BCUT2D eigenvalue weighted by Crippen LogP contribution is 2.24. The topological polar surface area (TPSA) is 115 Å². The number of aromatic nitrogens is 5. The van der Waals surface area contributed by atoms with Gasteiger partial charge in [0.2, 0.25) is 5.82 Å². The fourth-order valence-corrected chi connectivity index (χ4v) is 2.43. The monoisotopic (exact) mass is 334 g/mol. The van der Waals surface area contributed by atoms with Gasteiger partial charge in [-0.05, 0) is 17.3 Å². The van der Waals surface area contributed by atoms with Crippen molar-refractivity contribution >= 4 is 11.7 Å². The van der Waals surface area contributed by atoms with E-state index >= 15 is 0 Å². The Morgan fingerprint density at radius 3 is 3.21 bits per heavy atom. The van der Waals surface area contributed by atoms with E-state index in [2.05, 4.69) is 20.4 Å². The normalized spacial score (nSPS) is 17.9. The van der Waals surface area contributed by atoms with Gasteiger partial charge < -0.3 is 19.5 Å². The number of carboxylic acids is 1. The van der Waals surface area contributed by atoms with Crippen molar-refractivity contribution in [1.82, 2.24) is 25.2 Å². The van der Waals surface area contributed by atoms with Crippen LogP contribution in [0.2, 0.25) is 0 Å². The standard InChI is InChI=1S/C14H18N6O4/c1-23-6-5-20-17-13(16-18-20)12-9-19(4-7-24-12)10-2-3-15-11(8-10)14(21)22/h2-3,8,12H,4-7,9H2,1H3,(H,21,22). The number of tetrazole rings is 1. The van der Waals surface area contributed by atoms with E-state index in [4.69, 9.17) is 14.6 Å². The maximum absolute atomic E-state index is 11.1. The van der Waals surface area contributed by atoms with E-state index in [9.17, 15) is 4.79 Å². The van der Waals surface area contributed by atoms with E-state index < -0.39 is 5.97 Å². The number of carboxylic acid groups (broad SMARTS) is 1. The summed E-state index contributed by atoms with van der Waals surface area (Å²) in [5.74, 6) is -0.548. The molecule has 24 heavy (non-hydrogen) atoms. The van der Waals surface area contributed by atoms with E-state index in [0.29, 0.717) is 38.7 Å². The molecule has 1 atom stereocenters. The van der Waals surface area contributed by atoms with Crippen molar-refractivity contribution in [3.8, 4) is 0 Å². The second kappa shape index (κ2) is 7.32. The Labute approximate surface area is 138 Å². The van der Waals surface area contributed by atoms with E-state index in [1.165, 1.54) is 11.0 Å². The van der Waals surface area contributed by atoms with Crippen LogP contribution in [-0.4, -0.2) is 69.7 Å². The van der Waals surface area contributed by atoms with Crippen LogP contribution < -0.4 is 4.90 Å². The Kier molecular flexibility index (Phi) is 4.96. The van der Waals surface area contributed by atoms with Crippen LogP contribution in [0.5, 0.6) is 0 Å². The zero-order valence-electron chi connectivity index (χ0n) is 13.2. The smallest absolute Gasteiger partial charge is 0.354 e. The van der Waals surface area contributed by atoms with Gasteiger partial charge in [-0.3, -0.25) is 0 Å². The Bertz CT molecular complexity index is 706. The summed E-state index contributed by atoms with van der Waals surface area (Å²) < 4.78 is 10.7. The van der Waals surface area contributed by atoms with Gasteiger partial charge in [0.15, 0.2) is 0 Å². The van der Waals surface area contributed by atoms with Crippen molar-refractivity contribution in [2.75, 3.05) is 38.3 Å². The number of carbonyl (C=O) groups is 1. The summed E-state index contributed by atoms with van der Waals surface area (Å²) in [6, 6.07) is 3.32. The molecule has 1 fully saturated rings. The molecule has 0 amide bonds. The molecule has 1 aliphatic heterocycles. The van der Waals surface area contributed by atoms with Crippen molar-refractivity contribution in [1.29, 1.82) is 0 Å². The number of ether oxygens (including phenoxy) is 2. The Hall–Kier alpha value is -2.59. The third-order valence-corrected chi connectivity index (χ3v) is 3.65. The van der Waals surface area contributed by atoms with Gasteiger partial charge in [0, 0.05) is 25.5 Å². The van der Waals surface area contributed by atoms with Crippen LogP contribution in [0.15, 0.2) is 18.3 Å². The fourth-order valence-electron chi connectivity index (χ4n) is 2.43. The summed E-state index contributed by atoms with van der Waals surface area (Å²) in [5.41, 5.74) is 0.793. The molecule has 1 N–H and O–H groups in total. The first-order chi connectivity index (χ1) is 11.7. The highest BCUT2D eigenvalue weighted by atomic mass is 16.5. The lowest BCUT2D eigenvalue weighted by molar-refractivity contribution is 0.0337. The summed E-state index contributed by atoms with van der Waals surface area (Å²) in [5, 5.41) is 21.4. The zero-order chi connectivity index (χ0) is 16.9. The highest BCUT2D eigenvalue weighted by Gasteiger charge is 2.26. The number of rotatable bonds is 6. The Morgan fingerprint density at radius 2 is 2.42 bits per heavy atom. The van der Waals surface area contributed by atoms with Gasteiger partial charge in [-0.1, -0.05) is 0 Å². The average Bonchev–Trinajstić information content (AvgIpc) is 3.09. The Morgan fingerprint density at radius 1 is 1.54 bits per heavy atom. The van der Waals surface area contributed by atoms with Gasteiger partial charge >= 0.3 is 5.97 Å². The minimum atomic E-state index is -1.05. The van der Waals surface area contributed by atoms with Crippen molar-refractivity contribution in [3.05, 3.63) is 29.8 Å². The minimum Gasteiger partial charge on any atom is -0.477 e. The molecule has 0 bridgehead atoms. The molecule has 2 aromatic rings. The third kappa shape index (κ3) is 3.66. The van der Waals surface area contributed by atoms with E-state index in [-0.39, 0.29) is 11.8 Å². The number of methoxy groups -OCH3 is 1. The van der Waals surface area contributed by atoms with Gasteiger partial charge in [0.25, 0.3) is 0 Å². The SMILES string of the molecule is COCCn1nnc(C2CN(c3ccnc(C(=O)O)c3)CCO2)n1. The molecule has 0 spiro atoms. The number of nitrogens with zero attached hydrogens (tertiary/aromatic N) is 6. The van der Waals surface area contributed by atoms with Crippen LogP contribution in [-0.2, 0) is 16.0 Å². The lowest BCUT2D eigenvalue weighted by atomic mass is 10.2. The molecule has 1 saturated heterocycles. The number of hydrogen-bond acceptors (Lipinski definition) is 8. The fraction of sp³-hybridized carbons (Fsp3) is 0.500. The zero-order valence-corrected chi connectivity index (χ0v) is 13.2. The first-order valence-electron chi connectivity index (χ1n) is 7.50. The molecular weight excluding hydrogens is 316 g/mol. The maximum atomic E-state index is 11.1. The quantitative estimate of drug-likeness (QED) is 0.778. The van der Waals surface area contributed by atoms with Gasteiger partial charge in [0.05, 0.1) is 26.3 Å². The van der Waals surface area contributed by atoms with Gasteiger partial charge in [-0.25, -0.2) is 9.78 Å². The van der Waals surface area contributed by atoms with Gasteiger partial charge in [0.1, 0.15) is 11.8 Å². The molecule has 2 aromatic heterocycles. The lowest BCUT2D eigenvalue weighted by Gasteiger charge is -2.33. The van der Waals surface area contributed by atoms with Crippen LogP contribution in [0.3, 0.4) is 0 Å². The van der Waals surface area contributed by atoms with Crippen molar-refractivity contribution < 1.29 is 19.4 Å². The number of hydrogen-bond donors (Lipinski definition) is 1. The van der Waals surface area contributed by atoms with Crippen LogP contribution in [0.25, 0.3) is 0 Å². The first kappa shape index (κ1) is 16.3. The third-order valence-electron chi connectivity index (χ3n) is 3.65. The molecule has 0 saturated carbocycles. The van der Waals surface area contributed by atoms with Crippen LogP contribution in [0.4, 0.5) is 5.69 Å². The predicted molar refractivity (Wildman–Crippen MR) is 81.8 cm³/mol.